The van der Waals surface area contributed by atoms with Crippen LogP contribution >= 0.6 is 11.3 Å². The molecule has 1 unspecified atom stereocenters. The van der Waals surface area contributed by atoms with Gasteiger partial charge in [0.1, 0.15) is 0 Å². The Hall–Kier alpha value is -1.23. The molecule has 2 aromatic rings. The largest absolute Gasteiger partial charge is 0.296 e. The first kappa shape index (κ1) is 16.1. The zero-order chi connectivity index (χ0) is 15.5. The number of hydrogen-bond acceptors (Lipinski definition) is 4. The second kappa shape index (κ2) is 6.69. The van der Waals surface area contributed by atoms with E-state index in [0.29, 0.717) is 6.61 Å². The van der Waals surface area contributed by atoms with Gasteiger partial charge >= 0.3 is 0 Å². The summed E-state index contributed by atoms with van der Waals surface area (Å²) in [6.45, 7) is 11.3. The summed E-state index contributed by atoms with van der Waals surface area (Å²) in [5.74, 6) is 0. The average molecular weight is 304 g/mol. The highest BCUT2D eigenvalue weighted by Gasteiger charge is 2.22. The maximum atomic E-state index is 5.61. The minimum atomic E-state index is 0.0955. The fourth-order valence-corrected chi connectivity index (χ4v) is 3.12. The Balaban J connectivity index is 1.94. The normalized spacial score (nSPS) is 13.4. The van der Waals surface area contributed by atoms with E-state index in [-0.39, 0.29) is 11.5 Å². The summed E-state index contributed by atoms with van der Waals surface area (Å²) in [6, 6.07) is 10.3. The van der Waals surface area contributed by atoms with Crippen molar-refractivity contribution < 1.29 is 4.84 Å². The lowest BCUT2D eigenvalue weighted by Crippen LogP contribution is -2.18. The highest BCUT2D eigenvalue weighted by atomic mass is 32.1. The summed E-state index contributed by atoms with van der Waals surface area (Å²) in [5, 5.41) is 1.17. The lowest BCUT2D eigenvalue weighted by atomic mass is 9.98. The van der Waals surface area contributed by atoms with Gasteiger partial charge in [-0.2, -0.15) is 5.48 Å². The van der Waals surface area contributed by atoms with E-state index >= 15 is 0 Å². The number of thiazole rings is 1. The van der Waals surface area contributed by atoms with Crippen LogP contribution < -0.4 is 5.48 Å². The van der Waals surface area contributed by atoms with E-state index in [0.717, 1.165) is 11.3 Å². The molecule has 4 heteroatoms. The summed E-state index contributed by atoms with van der Waals surface area (Å²) in [5.41, 5.74) is 5.47. The number of benzene rings is 1. The van der Waals surface area contributed by atoms with Crippen molar-refractivity contribution in [2.45, 2.75) is 52.7 Å². The number of hydrogen-bond donors (Lipinski definition) is 1. The quantitative estimate of drug-likeness (QED) is 0.824. The van der Waals surface area contributed by atoms with E-state index in [4.69, 9.17) is 9.82 Å². The molecular weight excluding hydrogens is 280 g/mol. The molecule has 1 aromatic carbocycles. The predicted octanol–water partition coefficient (Wildman–Crippen LogP) is 4.53. The Labute approximate surface area is 131 Å². The fourth-order valence-electron chi connectivity index (χ4n) is 2.01. The second-order valence-corrected chi connectivity index (χ2v) is 7.36. The molecule has 0 saturated heterocycles. The summed E-state index contributed by atoms with van der Waals surface area (Å²) >= 11 is 1.77. The van der Waals surface area contributed by atoms with Gasteiger partial charge in [-0.3, -0.25) is 4.84 Å². The third-order valence-corrected chi connectivity index (χ3v) is 4.98. The van der Waals surface area contributed by atoms with Gasteiger partial charge in [0.05, 0.1) is 23.4 Å². The van der Waals surface area contributed by atoms with E-state index in [1.54, 1.807) is 11.3 Å². The zero-order valence-electron chi connectivity index (χ0n) is 13.4. The van der Waals surface area contributed by atoms with E-state index in [2.05, 4.69) is 52.2 Å². The molecule has 0 bridgehead atoms. The molecule has 0 saturated carbocycles. The van der Waals surface area contributed by atoms with Gasteiger partial charge in [0.25, 0.3) is 0 Å². The Bertz CT molecular complexity index is 572. The molecule has 1 atom stereocenters. The van der Waals surface area contributed by atoms with Crippen molar-refractivity contribution in [1.82, 2.24) is 10.5 Å². The lowest BCUT2D eigenvalue weighted by Gasteiger charge is -2.14. The topological polar surface area (TPSA) is 34.2 Å². The molecular formula is C17H24N2OS. The van der Waals surface area contributed by atoms with Crippen LogP contribution in [-0.4, -0.2) is 4.98 Å². The summed E-state index contributed by atoms with van der Waals surface area (Å²) in [7, 11) is 0. The van der Waals surface area contributed by atoms with Crippen molar-refractivity contribution in [2.24, 2.45) is 0 Å². The predicted molar refractivity (Wildman–Crippen MR) is 88.3 cm³/mol. The van der Waals surface area contributed by atoms with Gasteiger partial charge in [0.15, 0.2) is 0 Å². The highest BCUT2D eigenvalue weighted by molar-refractivity contribution is 7.12. The van der Waals surface area contributed by atoms with Gasteiger partial charge in [-0.1, -0.05) is 51.1 Å². The first-order valence-corrected chi connectivity index (χ1v) is 8.08. The summed E-state index contributed by atoms with van der Waals surface area (Å²) in [6.07, 6.45) is 0. The van der Waals surface area contributed by atoms with Gasteiger partial charge in [-0.05, 0) is 19.4 Å². The molecule has 1 aromatic heterocycles. The average Bonchev–Trinajstić information content (AvgIpc) is 2.82. The summed E-state index contributed by atoms with van der Waals surface area (Å²) < 4.78 is 0. The van der Waals surface area contributed by atoms with Gasteiger partial charge in [0.2, 0.25) is 0 Å². The Morgan fingerprint density at radius 1 is 1.24 bits per heavy atom. The summed E-state index contributed by atoms with van der Waals surface area (Å²) in [4.78, 5) is 11.6. The molecule has 0 fully saturated rings. The molecule has 1 heterocycles. The van der Waals surface area contributed by atoms with Gasteiger partial charge < -0.3 is 0 Å². The molecule has 21 heavy (non-hydrogen) atoms. The van der Waals surface area contributed by atoms with Crippen molar-refractivity contribution in [2.75, 3.05) is 0 Å². The van der Waals surface area contributed by atoms with Crippen LogP contribution in [0.2, 0.25) is 0 Å². The molecule has 0 spiro atoms. The number of aryl methyl sites for hydroxylation is 1. The number of aromatic nitrogens is 1. The zero-order valence-corrected chi connectivity index (χ0v) is 14.3. The van der Waals surface area contributed by atoms with E-state index in [9.17, 15) is 0 Å². The number of rotatable bonds is 5. The van der Waals surface area contributed by atoms with Crippen LogP contribution in [0.5, 0.6) is 0 Å². The molecule has 1 N–H and O–H groups in total. The Morgan fingerprint density at radius 2 is 1.90 bits per heavy atom. The van der Waals surface area contributed by atoms with Crippen LogP contribution in [0, 0.1) is 6.92 Å². The minimum absolute atomic E-state index is 0.0955. The highest BCUT2D eigenvalue weighted by Crippen LogP contribution is 2.32. The van der Waals surface area contributed by atoms with Crippen LogP contribution in [0.15, 0.2) is 30.3 Å². The standard InChI is InChI=1S/C17H24N2OS/c1-12-15(21-16(18-12)17(3,4)5)13(2)19-20-11-14-9-7-6-8-10-14/h6-10,13,19H,11H2,1-5H3. The van der Waals surface area contributed by atoms with Gasteiger partial charge in [-0.25, -0.2) is 4.98 Å². The van der Waals surface area contributed by atoms with Crippen LogP contribution in [0.4, 0.5) is 0 Å². The van der Waals surface area contributed by atoms with Crippen molar-refractivity contribution in [3.8, 4) is 0 Å². The van der Waals surface area contributed by atoms with E-state index in [1.165, 1.54) is 9.88 Å². The smallest absolute Gasteiger partial charge is 0.0985 e. The van der Waals surface area contributed by atoms with Crippen LogP contribution in [-0.2, 0) is 16.9 Å². The SMILES string of the molecule is Cc1nc(C(C)(C)C)sc1C(C)NOCc1ccccc1. The van der Waals surface area contributed by atoms with Gasteiger partial charge in [0, 0.05) is 10.3 Å². The van der Waals surface area contributed by atoms with Crippen molar-refractivity contribution in [3.63, 3.8) is 0 Å². The first-order valence-electron chi connectivity index (χ1n) is 7.27. The van der Waals surface area contributed by atoms with Crippen molar-refractivity contribution >= 4 is 11.3 Å². The Morgan fingerprint density at radius 3 is 2.48 bits per heavy atom. The van der Waals surface area contributed by atoms with E-state index in [1.807, 2.05) is 18.2 Å². The Kier molecular flexibility index (Phi) is 5.14. The lowest BCUT2D eigenvalue weighted by molar-refractivity contribution is 0.00755. The molecule has 0 aliphatic rings. The number of nitrogens with one attached hydrogen (secondary N) is 1. The van der Waals surface area contributed by atoms with Crippen LogP contribution in [0.25, 0.3) is 0 Å². The second-order valence-electron chi connectivity index (χ2n) is 6.33. The molecule has 3 nitrogen and oxygen atoms in total. The van der Waals surface area contributed by atoms with Gasteiger partial charge in [-0.15, -0.1) is 11.3 Å². The van der Waals surface area contributed by atoms with E-state index < -0.39 is 0 Å². The van der Waals surface area contributed by atoms with Crippen molar-refractivity contribution in [1.29, 1.82) is 0 Å². The third kappa shape index (κ3) is 4.37. The third-order valence-electron chi connectivity index (χ3n) is 3.21. The maximum absolute atomic E-state index is 5.61. The fraction of sp³-hybridized carbons (Fsp3) is 0.471. The molecule has 0 amide bonds. The molecule has 2 rings (SSSR count). The van der Waals surface area contributed by atoms with Crippen LogP contribution in [0.3, 0.4) is 0 Å². The van der Waals surface area contributed by atoms with Crippen molar-refractivity contribution in [3.05, 3.63) is 51.5 Å². The minimum Gasteiger partial charge on any atom is -0.296 e. The van der Waals surface area contributed by atoms with Crippen LogP contribution in [0.1, 0.15) is 54.9 Å². The molecule has 0 aliphatic carbocycles. The number of hydroxylamine groups is 1. The number of nitrogens with zero attached hydrogens (tertiary/aromatic N) is 1. The monoisotopic (exact) mass is 304 g/mol. The molecule has 0 radical (unpaired) electrons. The first-order chi connectivity index (χ1) is 9.88. The maximum Gasteiger partial charge on any atom is 0.0985 e. The molecule has 0 aliphatic heterocycles. The molecule has 114 valence electrons.